The van der Waals surface area contributed by atoms with E-state index in [0.717, 1.165) is 13.0 Å². The van der Waals surface area contributed by atoms with Crippen LogP contribution < -0.4 is 4.81 Å². The van der Waals surface area contributed by atoms with Crippen molar-refractivity contribution in [3.8, 4) is 0 Å². The van der Waals surface area contributed by atoms with Gasteiger partial charge in [0.2, 0.25) is 0 Å². The molecule has 1 nitrogen and oxygen atoms in total. The lowest BCUT2D eigenvalue weighted by molar-refractivity contribution is 0.964. The summed E-state index contributed by atoms with van der Waals surface area (Å²) in [6.07, 6.45) is 5.70. The fraction of sp³-hybridized carbons (Fsp3) is 0.125. The number of hydrogen-bond acceptors (Lipinski definition) is 1. The van der Waals surface area contributed by atoms with E-state index in [1.807, 2.05) is 0 Å². The van der Waals surface area contributed by atoms with Crippen LogP contribution in [0.1, 0.15) is 12.0 Å². The van der Waals surface area contributed by atoms with Crippen molar-refractivity contribution in [2.45, 2.75) is 6.42 Å². The Morgan fingerprint density at radius 1 is 1.00 bits per heavy atom. The minimum Gasteiger partial charge on any atom is -0.407 e. The molecule has 0 aromatic heterocycles. The number of benzene rings is 2. The van der Waals surface area contributed by atoms with E-state index in [4.69, 9.17) is 0 Å². The standard InChI is InChI=1S/C16H14BN/c1-2-6-14-12-16-15(11-13(14)5-1)7-9-17-8-3-4-10-18(16)17/h1-3,5-9,11-12H,4,10H2. The second-order valence-electron chi connectivity index (χ2n) is 5.02. The van der Waals surface area contributed by atoms with Crippen molar-refractivity contribution in [2.75, 3.05) is 11.4 Å². The first-order chi connectivity index (χ1) is 8.92. The second-order valence-corrected chi connectivity index (χ2v) is 5.02. The largest absolute Gasteiger partial charge is 0.407 e. The van der Waals surface area contributed by atoms with Crippen LogP contribution in [0.4, 0.5) is 5.69 Å². The quantitative estimate of drug-likeness (QED) is 0.625. The van der Waals surface area contributed by atoms with Gasteiger partial charge in [-0.1, -0.05) is 48.4 Å². The first-order valence-electron chi connectivity index (χ1n) is 6.56. The molecule has 2 aromatic carbocycles. The average molecular weight is 231 g/mol. The van der Waals surface area contributed by atoms with Gasteiger partial charge in [0.15, 0.2) is 0 Å². The van der Waals surface area contributed by atoms with Crippen molar-refractivity contribution in [1.82, 2.24) is 0 Å². The summed E-state index contributed by atoms with van der Waals surface area (Å²) in [6, 6.07) is 13.2. The van der Waals surface area contributed by atoms with Crippen LogP contribution in [0, 0.1) is 0 Å². The fourth-order valence-corrected chi connectivity index (χ4v) is 2.98. The van der Waals surface area contributed by atoms with E-state index in [2.05, 4.69) is 65.3 Å². The predicted molar refractivity (Wildman–Crippen MR) is 79.8 cm³/mol. The van der Waals surface area contributed by atoms with Gasteiger partial charge in [0.25, 0.3) is 0 Å². The summed E-state index contributed by atoms with van der Waals surface area (Å²) in [5.74, 6) is 4.60. The van der Waals surface area contributed by atoms with Gasteiger partial charge in [-0.15, -0.1) is 0 Å². The molecule has 0 spiro atoms. The van der Waals surface area contributed by atoms with E-state index < -0.39 is 0 Å². The SMILES string of the molecule is C1=CB2C=Cc3cc4ccccc4cc3N2CC1. The molecule has 2 heterocycles. The molecule has 0 unspecified atom stereocenters. The molecule has 4 rings (SSSR count). The van der Waals surface area contributed by atoms with Gasteiger partial charge < -0.3 is 4.81 Å². The Hall–Kier alpha value is -1.96. The van der Waals surface area contributed by atoms with Crippen molar-refractivity contribution in [2.24, 2.45) is 0 Å². The minimum absolute atomic E-state index is 0.451. The Labute approximate surface area is 108 Å². The van der Waals surface area contributed by atoms with Gasteiger partial charge in [0.05, 0.1) is 0 Å². The summed E-state index contributed by atoms with van der Waals surface area (Å²) in [6.45, 7) is 1.57. The van der Waals surface area contributed by atoms with E-state index in [0.29, 0.717) is 6.85 Å². The molecular weight excluding hydrogens is 217 g/mol. The third-order valence-corrected chi connectivity index (χ3v) is 3.91. The molecular formula is C16H14BN. The van der Waals surface area contributed by atoms with Crippen molar-refractivity contribution in [3.05, 3.63) is 60.0 Å². The van der Waals surface area contributed by atoms with Gasteiger partial charge in [-0.3, -0.25) is 0 Å². The Bertz CT molecular complexity index is 672. The van der Waals surface area contributed by atoms with Gasteiger partial charge in [-0.2, -0.15) is 0 Å². The predicted octanol–water partition coefficient (Wildman–Crippen LogP) is 3.70. The van der Waals surface area contributed by atoms with Crippen molar-refractivity contribution >= 4 is 29.4 Å². The summed E-state index contributed by atoms with van der Waals surface area (Å²) in [5, 5.41) is 2.66. The van der Waals surface area contributed by atoms with Crippen LogP contribution in [-0.4, -0.2) is 13.4 Å². The molecule has 0 N–H and O–H groups in total. The first-order valence-corrected chi connectivity index (χ1v) is 6.56. The summed E-state index contributed by atoms with van der Waals surface area (Å²) >= 11 is 0. The van der Waals surface area contributed by atoms with Crippen LogP contribution in [0.5, 0.6) is 0 Å². The van der Waals surface area contributed by atoms with Crippen LogP contribution >= 0.6 is 0 Å². The molecule has 0 bridgehead atoms. The van der Waals surface area contributed by atoms with Crippen LogP contribution in [-0.2, 0) is 0 Å². The lowest BCUT2D eigenvalue weighted by Gasteiger charge is -2.35. The molecule has 0 radical (unpaired) electrons. The normalized spacial score (nSPS) is 16.9. The number of nitrogens with zero attached hydrogens (tertiary/aromatic N) is 1. The minimum atomic E-state index is 0.451. The van der Waals surface area contributed by atoms with Gasteiger partial charge in [-0.05, 0) is 34.9 Å². The molecule has 18 heavy (non-hydrogen) atoms. The van der Waals surface area contributed by atoms with Crippen LogP contribution in [0.3, 0.4) is 0 Å². The van der Waals surface area contributed by atoms with E-state index in [1.54, 1.807) is 0 Å². The Balaban J connectivity index is 1.95. The molecule has 2 aromatic rings. The molecule has 0 fully saturated rings. The molecule has 0 saturated heterocycles. The zero-order valence-corrected chi connectivity index (χ0v) is 10.2. The summed E-state index contributed by atoms with van der Waals surface area (Å²) in [4.78, 5) is 2.50. The highest BCUT2D eigenvalue weighted by Crippen LogP contribution is 2.33. The van der Waals surface area contributed by atoms with Crippen molar-refractivity contribution in [1.29, 1.82) is 0 Å². The molecule has 2 heteroatoms. The highest BCUT2D eigenvalue weighted by atomic mass is 15.1. The molecule has 86 valence electrons. The monoisotopic (exact) mass is 231 g/mol. The molecule has 2 aliphatic rings. The topological polar surface area (TPSA) is 3.24 Å². The molecule has 0 aliphatic carbocycles. The van der Waals surface area contributed by atoms with Crippen molar-refractivity contribution < 1.29 is 0 Å². The zero-order chi connectivity index (χ0) is 11.9. The molecule has 0 saturated carbocycles. The third-order valence-electron chi connectivity index (χ3n) is 3.91. The van der Waals surface area contributed by atoms with Gasteiger partial charge in [0.1, 0.15) is 0 Å². The number of hydrogen-bond donors (Lipinski definition) is 0. The zero-order valence-electron chi connectivity index (χ0n) is 10.2. The molecule has 2 aliphatic heterocycles. The summed E-state index contributed by atoms with van der Waals surface area (Å²) in [7, 11) is 0. The number of fused-ring (bicyclic) bond motifs is 4. The van der Waals surface area contributed by atoms with Crippen LogP contribution in [0.25, 0.3) is 16.8 Å². The van der Waals surface area contributed by atoms with E-state index in [-0.39, 0.29) is 0 Å². The Morgan fingerprint density at radius 2 is 1.83 bits per heavy atom. The molecule has 0 amide bonds. The van der Waals surface area contributed by atoms with E-state index in [1.165, 1.54) is 22.0 Å². The highest BCUT2D eigenvalue weighted by Gasteiger charge is 2.25. The lowest BCUT2D eigenvalue weighted by atomic mass is 9.56. The first kappa shape index (κ1) is 10.0. The maximum Gasteiger partial charge on any atom is 0.308 e. The number of anilines is 1. The Kier molecular flexibility index (Phi) is 2.10. The summed E-state index contributed by atoms with van der Waals surface area (Å²) < 4.78 is 0. The lowest BCUT2D eigenvalue weighted by Crippen LogP contribution is -2.41. The second kappa shape index (κ2) is 3.77. The average Bonchev–Trinajstić information content (AvgIpc) is 2.45. The van der Waals surface area contributed by atoms with Crippen LogP contribution in [0.2, 0.25) is 0 Å². The number of rotatable bonds is 0. The third kappa shape index (κ3) is 1.42. The smallest absolute Gasteiger partial charge is 0.308 e. The fourth-order valence-electron chi connectivity index (χ4n) is 2.98. The highest BCUT2D eigenvalue weighted by molar-refractivity contribution is 6.74. The maximum absolute atomic E-state index is 2.50. The van der Waals surface area contributed by atoms with Gasteiger partial charge in [0, 0.05) is 12.2 Å². The maximum atomic E-state index is 2.50. The van der Waals surface area contributed by atoms with Gasteiger partial charge in [-0.25, -0.2) is 0 Å². The van der Waals surface area contributed by atoms with Crippen LogP contribution in [0.15, 0.2) is 54.4 Å². The Morgan fingerprint density at radius 3 is 2.72 bits per heavy atom. The van der Waals surface area contributed by atoms with Crippen molar-refractivity contribution in [3.63, 3.8) is 0 Å². The molecule has 0 atom stereocenters. The van der Waals surface area contributed by atoms with Gasteiger partial charge >= 0.3 is 6.85 Å². The summed E-state index contributed by atoms with van der Waals surface area (Å²) in [5.41, 5.74) is 2.73. The van der Waals surface area contributed by atoms with E-state index in [9.17, 15) is 0 Å². The van der Waals surface area contributed by atoms with E-state index >= 15 is 0 Å².